The van der Waals surface area contributed by atoms with E-state index in [-0.39, 0.29) is 11.4 Å². The summed E-state index contributed by atoms with van der Waals surface area (Å²) in [6.45, 7) is 0.851. The molecule has 0 radical (unpaired) electrons. The first-order valence-electron chi connectivity index (χ1n) is 8.01. The molecule has 2 aromatic carbocycles. The normalized spacial score (nSPS) is 11.4. The van der Waals surface area contributed by atoms with Crippen LogP contribution in [0.5, 0.6) is 0 Å². The van der Waals surface area contributed by atoms with E-state index in [1.54, 1.807) is 10.9 Å². The first-order valence-corrected chi connectivity index (χ1v) is 9.45. The molecule has 0 atom stereocenters. The zero-order valence-electron chi connectivity index (χ0n) is 14.3. The molecule has 0 aliphatic heterocycles. The zero-order valence-corrected chi connectivity index (χ0v) is 15.1. The fraction of sp³-hybridized carbons (Fsp3) is 0.158. The van der Waals surface area contributed by atoms with E-state index < -0.39 is 10.0 Å². The van der Waals surface area contributed by atoms with Crippen LogP contribution in [0, 0.1) is 11.3 Å². The Morgan fingerprint density at radius 1 is 1.08 bits per heavy atom. The lowest BCUT2D eigenvalue weighted by Gasteiger charge is -2.16. The highest BCUT2D eigenvalue weighted by molar-refractivity contribution is 7.89. The molecule has 7 heteroatoms. The summed E-state index contributed by atoms with van der Waals surface area (Å²) < 4.78 is 28.4. The highest BCUT2D eigenvalue weighted by Crippen LogP contribution is 2.17. The standard InChI is InChI=1S/C19H18N4O2S/c1-22(26(24,25)19-9-7-16(11-20)8-10-19)13-18-12-21-23(15-18)14-17-5-3-2-4-6-17/h2-10,12,15H,13-14H2,1H3. The lowest BCUT2D eigenvalue weighted by Crippen LogP contribution is -2.26. The molecule has 0 aliphatic rings. The predicted molar refractivity (Wildman–Crippen MR) is 97.6 cm³/mol. The molecule has 1 aromatic heterocycles. The van der Waals surface area contributed by atoms with Gasteiger partial charge >= 0.3 is 0 Å². The van der Waals surface area contributed by atoms with Crippen molar-refractivity contribution in [1.29, 1.82) is 5.26 Å². The third-order valence-corrected chi connectivity index (χ3v) is 5.79. The predicted octanol–water partition coefficient (Wildman–Crippen LogP) is 2.62. The monoisotopic (exact) mass is 366 g/mol. The van der Waals surface area contributed by atoms with Gasteiger partial charge in [-0.15, -0.1) is 0 Å². The molecule has 3 rings (SSSR count). The summed E-state index contributed by atoms with van der Waals surface area (Å²) in [7, 11) is -2.10. The van der Waals surface area contributed by atoms with Crippen LogP contribution in [0.25, 0.3) is 0 Å². The largest absolute Gasteiger partial charge is 0.268 e. The Kier molecular flexibility index (Phi) is 5.16. The summed E-state index contributed by atoms with van der Waals surface area (Å²) in [5.41, 5.74) is 2.36. The first-order chi connectivity index (χ1) is 12.5. The van der Waals surface area contributed by atoms with Gasteiger partial charge < -0.3 is 0 Å². The van der Waals surface area contributed by atoms with Crippen LogP contribution in [-0.2, 0) is 23.1 Å². The van der Waals surface area contributed by atoms with Crippen LogP contribution in [0.3, 0.4) is 0 Å². The average Bonchev–Trinajstić information content (AvgIpc) is 3.09. The number of aromatic nitrogens is 2. The molecule has 3 aromatic rings. The number of hydrogen-bond donors (Lipinski definition) is 0. The smallest absolute Gasteiger partial charge is 0.243 e. The Morgan fingerprint density at radius 3 is 2.42 bits per heavy atom. The summed E-state index contributed by atoms with van der Waals surface area (Å²) in [4.78, 5) is 0.163. The maximum Gasteiger partial charge on any atom is 0.243 e. The van der Waals surface area contributed by atoms with Crippen LogP contribution >= 0.6 is 0 Å². The van der Waals surface area contributed by atoms with Crippen molar-refractivity contribution in [3.63, 3.8) is 0 Å². The van der Waals surface area contributed by atoms with Gasteiger partial charge in [-0.25, -0.2) is 8.42 Å². The van der Waals surface area contributed by atoms with Gasteiger partial charge in [-0.3, -0.25) is 4.68 Å². The highest BCUT2D eigenvalue weighted by atomic mass is 32.2. The van der Waals surface area contributed by atoms with E-state index in [9.17, 15) is 8.42 Å². The van der Waals surface area contributed by atoms with Crippen LogP contribution in [0.4, 0.5) is 0 Å². The molecule has 0 unspecified atom stereocenters. The van der Waals surface area contributed by atoms with Gasteiger partial charge in [0.25, 0.3) is 0 Å². The van der Waals surface area contributed by atoms with Crippen molar-refractivity contribution in [3.05, 3.63) is 83.7 Å². The van der Waals surface area contributed by atoms with E-state index in [1.165, 1.54) is 35.6 Å². The fourth-order valence-corrected chi connectivity index (χ4v) is 3.73. The van der Waals surface area contributed by atoms with Crippen LogP contribution in [-0.4, -0.2) is 29.6 Å². The average molecular weight is 366 g/mol. The van der Waals surface area contributed by atoms with E-state index in [2.05, 4.69) is 5.10 Å². The quantitative estimate of drug-likeness (QED) is 0.672. The van der Waals surface area contributed by atoms with Crippen LogP contribution < -0.4 is 0 Å². The molecule has 0 fully saturated rings. The van der Waals surface area contributed by atoms with Crippen LogP contribution in [0.15, 0.2) is 71.9 Å². The van der Waals surface area contributed by atoms with Crippen LogP contribution in [0.2, 0.25) is 0 Å². The van der Waals surface area contributed by atoms with E-state index in [0.717, 1.165) is 11.1 Å². The third-order valence-electron chi connectivity index (χ3n) is 3.97. The van der Waals surface area contributed by atoms with Gasteiger partial charge in [0.15, 0.2) is 0 Å². The molecular weight excluding hydrogens is 348 g/mol. The van der Waals surface area contributed by atoms with Crippen molar-refractivity contribution in [2.24, 2.45) is 0 Å². The topological polar surface area (TPSA) is 79.0 Å². The number of sulfonamides is 1. The zero-order chi connectivity index (χ0) is 18.6. The molecule has 0 N–H and O–H groups in total. The number of nitrogens with zero attached hydrogens (tertiary/aromatic N) is 4. The van der Waals surface area contributed by atoms with Crippen molar-refractivity contribution in [2.75, 3.05) is 7.05 Å². The van der Waals surface area contributed by atoms with Crippen molar-refractivity contribution in [1.82, 2.24) is 14.1 Å². The van der Waals surface area contributed by atoms with Gasteiger partial charge in [0.05, 0.1) is 29.3 Å². The van der Waals surface area contributed by atoms with Gasteiger partial charge in [-0.1, -0.05) is 30.3 Å². The van der Waals surface area contributed by atoms with Gasteiger partial charge in [0.2, 0.25) is 10.0 Å². The second-order valence-corrected chi connectivity index (χ2v) is 7.97. The molecule has 1 heterocycles. The minimum atomic E-state index is -3.62. The Bertz CT molecular complexity index is 1020. The number of rotatable bonds is 6. The maximum atomic E-state index is 12.6. The second kappa shape index (κ2) is 7.52. The molecule has 0 saturated carbocycles. The molecular formula is C19H18N4O2S. The molecule has 6 nitrogen and oxygen atoms in total. The lowest BCUT2D eigenvalue weighted by molar-refractivity contribution is 0.466. The second-order valence-electron chi connectivity index (χ2n) is 5.93. The van der Waals surface area contributed by atoms with E-state index in [0.29, 0.717) is 12.1 Å². The SMILES string of the molecule is CN(Cc1cnn(Cc2ccccc2)c1)S(=O)(=O)c1ccc(C#N)cc1. The van der Waals surface area contributed by atoms with Crippen LogP contribution in [0.1, 0.15) is 16.7 Å². The molecule has 26 heavy (non-hydrogen) atoms. The van der Waals surface area contributed by atoms with E-state index in [4.69, 9.17) is 5.26 Å². The molecule has 0 bridgehead atoms. The molecule has 0 saturated heterocycles. The summed E-state index contributed by atoms with van der Waals surface area (Å²) in [6, 6.07) is 17.8. The van der Waals surface area contributed by atoms with Crippen molar-refractivity contribution >= 4 is 10.0 Å². The van der Waals surface area contributed by atoms with Gasteiger partial charge in [0, 0.05) is 25.4 Å². The summed E-state index contributed by atoms with van der Waals surface area (Å²) in [5, 5.41) is 13.1. The molecule has 0 spiro atoms. The van der Waals surface area contributed by atoms with Gasteiger partial charge in [-0.05, 0) is 29.8 Å². The van der Waals surface area contributed by atoms with E-state index >= 15 is 0 Å². The summed E-state index contributed by atoms with van der Waals surface area (Å²) >= 11 is 0. The first kappa shape index (κ1) is 17.9. The third kappa shape index (κ3) is 3.99. The summed E-state index contributed by atoms with van der Waals surface area (Å²) in [6.07, 6.45) is 3.52. The van der Waals surface area contributed by atoms with Gasteiger partial charge in [-0.2, -0.15) is 14.7 Å². The molecule has 132 valence electrons. The van der Waals surface area contributed by atoms with Crippen molar-refractivity contribution in [3.8, 4) is 6.07 Å². The summed E-state index contributed by atoms with van der Waals surface area (Å²) in [5.74, 6) is 0. The Labute approximate surface area is 153 Å². The Balaban J connectivity index is 1.71. The minimum absolute atomic E-state index is 0.163. The Hall–Kier alpha value is -2.95. The lowest BCUT2D eigenvalue weighted by atomic mass is 10.2. The van der Waals surface area contributed by atoms with Gasteiger partial charge in [0.1, 0.15) is 0 Å². The van der Waals surface area contributed by atoms with Crippen molar-refractivity contribution in [2.45, 2.75) is 18.0 Å². The number of nitriles is 1. The fourth-order valence-electron chi connectivity index (χ4n) is 2.57. The molecule has 0 aliphatic carbocycles. The number of benzene rings is 2. The van der Waals surface area contributed by atoms with Crippen molar-refractivity contribution < 1.29 is 8.42 Å². The highest BCUT2D eigenvalue weighted by Gasteiger charge is 2.21. The minimum Gasteiger partial charge on any atom is -0.268 e. The maximum absolute atomic E-state index is 12.6. The van der Waals surface area contributed by atoms with E-state index in [1.807, 2.05) is 42.6 Å². The Morgan fingerprint density at radius 2 is 1.77 bits per heavy atom. The molecule has 0 amide bonds. The number of hydrogen-bond acceptors (Lipinski definition) is 4.